The van der Waals surface area contributed by atoms with Gasteiger partial charge in [0.1, 0.15) is 12.4 Å². The Morgan fingerprint density at radius 3 is 2.76 bits per heavy atom. The molecule has 1 rings (SSSR count). The van der Waals surface area contributed by atoms with Gasteiger partial charge in [0.25, 0.3) is 0 Å². The van der Waals surface area contributed by atoms with Gasteiger partial charge in [-0.2, -0.15) is 0 Å². The van der Waals surface area contributed by atoms with Crippen molar-refractivity contribution in [2.24, 2.45) is 5.73 Å². The largest absolute Gasteiger partial charge is 0.491 e. The molecule has 0 aromatic heterocycles. The average Bonchev–Trinajstić information content (AvgIpc) is 2.36. The van der Waals surface area contributed by atoms with E-state index in [2.05, 4.69) is 19.1 Å². The zero-order valence-corrected chi connectivity index (χ0v) is 11.0. The molecule has 0 spiro atoms. The molecule has 0 fully saturated rings. The highest BCUT2D eigenvalue weighted by Crippen LogP contribution is 2.15. The molecule has 2 atom stereocenters. The number of benzene rings is 1. The highest BCUT2D eigenvalue weighted by molar-refractivity contribution is 5.29. The number of hydrogen-bond donors (Lipinski definition) is 1. The monoisotopic (exact) mass is 237 g/mol. The summed E-state index contributed by atoms with van der Waals surface area (Å²) >= 11 is 0. The van der Waals surface area contributed by atoms with Gasteiger partial charge >= 0.3 is 0 Å². The smallest absolute Gasteiger partial charge is 0.119 e. The third kappa shape index (κ3) is 5.20. The molecule has 0 aliphatic rings. The van der Waals surface area contributed by atoms with Crippen molar-refractivity contribution in [1.82, 2.24) is 0 Å². The number of rotatable bonds is 7. The van der Waals surface area contributed by atoms with E-state index < -0.39 is 0 Å². The summed E-state index contributed by atoms with van der Waals surface area (Å²) in [7, 11) is 1.69. The van der Waals surface area contributed by atoms with Gasteiger partial charge < -0.3 is 15.2 Å². The Morgan fingerprint density at radius 2 is 2.12 bits per heavy atom. The first-order valence-electron chi connectivity index (χ1n) is 6.15. The average molecular weight is 237 g/mol. The van der Waals surface area contributed by atoms with E-state index in [-0.39, 0.29) is 12.1 Å². The Kier molecular flexibility index (Phi) is 6.01. The predicted octanol–water partition coefficient (Wildman–Crippen LogP) is 2.38. The van der Waals surface area contributed by atoms with Gasteiger partial charge in [0.15, 0.2) is 0 Å². The van der Waals surface area contributed by atoms with Crippen LogP contribution < -0.4 is 10.5 Å². The van der Waals surface area contributed by atoms with Crippen molar-refractivity contribution < 1.29 is 9.47 Å². The summed E-state index contributed by atoms with van der Waals surface area (Å²) in [6.07, 6.45) is 2.00. The summed E-state index contributed by atoms with van der Waals surface area (Å²) in [6.45, 7) is 4.65. The van der Waals surface area contributed by atoms with Gasteiger partial charge in [-0.1, -0.05) is 19.1 Å². The van der Waals surface area contributed by atoms with Gasteiger partial charge in [-0.25, -0.2) is 0 Å². The molecule has 2 N–H and O–H groups in total. The van der Waals surface area contributed by atoms with Crippen LogP contribution in [0.25, 0.3) is 0 Å². The maximum absolute atomic E-state index is 5.94. The van der Waals surface area contributed by atoms with E-state index in [1.807, 2.05) is 19.1 Å². The lowest BCUT2D eigenvalue weighted by Gasteiger charge is -2.13. The molecule has 17 heavy (non-hydrogen) atoms. The van der Waals surface area contributed by atoms with E-state index in [1.54, 1.807) is 7.11 Å². The quantitative estimate of drug-likeness (QED) is 0.792. The third-order valence-corrected chi connectivity index (χ3v) is 2.81. The molecule has 0 bridgehead atoms. The van der Waals surface area contributed by atoms with Crippen LogP contribution in [0.4, 0.5) is 0 Å². The molecule has 96 valence electrons. The summed E-state index contributed by atoms with van der Waals surface area (Å²) < 4.78 is 10.8. The van der Waals surface area contributed by atoms with Crippen molar-refractivity contribution in [2.45, 2.75) is 38.8 Å². The van der Waals surface area contributed by atoms with Crippen LogP contribution in [0, 0.1) is 0 Å². The highest BCUT2D eigenvalue weighted by Gasteiger charge is 2.04. The Hall–Kier alpha value is -1.06. The summed E-state index contributed by atoms with van der Waals surface area (Å²) in [4.78, 5) is 0. The molecule has 0 radical (unpaired) electrons. The minimum absolute atomic E-state index is 0.108. The number of nitrogens with two attached hydrogens (primary N) is 1. The van der Waals surface area contributed by atoms with Crippen molar-refractivity contribution in [3.05, 3.63) is 29.8 Å². The zero-order valence-electron chi connectivity index (χ0n) is 11.0. The second-order valence-corrected chi connectivity index (χ2v) is 4.38. The number of methoxy groups -OCH3 is 1. The normalized spacial score (nSPS) is 14.4. The number of hydrogen-bond acceptors (Lipinski definition) is 3. The van der Waals surface area contributed by atoms with Gasteiger partial charge in [-0.15, -0.1) is 0 Å². The van der Waals surface area contributed by atoms with Crippen LogP contribution in [-0.4, -0.2) is 25.9 Å². The maximum atomic E-state index is 5.94. The van der Waals surface area contributed by atoms with E-state index in [9.17, 15) is 0 Å². The lowest BCUT2D eigenvalue weighted by Crippen LogP contribution is -2.21. The Bertz CT molecular complexity index is 328. The van der Waals surface area contributed by atoms with E-state index in [0.717, 1.165) is 18.6 Å². The van der Waals surface area contributed by atoms with Crippen LogP contribution in [0.3, 0.4) is 0 Å². The van der Waals surface area contributed by atoms with Crippen LogP contribution in [-0.2, 0) is 11.2 Å². The minimum atomic E-state index is 0.108. The van der Waals surface area contributed by atoms with Gasteiger partial charge in [0, 0.05) is 13.2 Å². The van der Waals surface area contributed by atoms with Crippen molar-refractivity contribution in [2.75, 3.05) is 13.7 Å². The molecule has 2 unspecified atom stereocenters. The van der Waals surface area contributed by atoms with Gasteiger partial charge in [-0.3, -0.25) is 0 Å². The molecule has 0 heterocycles. The fourth-order valence-electron chi connectivity index (χ4n) is 1.49. The Balaban J connectivity index is 2.53. The van der Waals surface area contributed by atoms with Crippen LogP contribution in [0.5, 0.6) is 5.75 Å². The van der Waals surface area contributed by atoms with Crippen molar-refractivity contribution in [1.29, 1.82) is 0 Å². The molecule has 0 aliphatic carbocycles. The molecular weight excluding hydrogens is 214 g/mol. The third-order valence-electron chi connectivity index (χ3n) is 2.81. The van der Waals surface area contributed by atoms with Crippen molar-refractivity contribution >= 4 is 0 Å². The predicted molar refractivity (Wildman–Crippen MR) is 70.4 cm³/mol. The molecule has 1 aromatic rings. The zero-order chi connectivity index (χ0) is 12.7. The van der Waals surface area contributed by atoms with Crippen molar-refractivity contribution in [3.63, 3.8) is 0 Å². The van der Waals surface area contributed by atoms with Crippen molar-refractivity contribution in [3.8, 4) is 5.75 Å². The van der Waals surface area contributed by atoms with Crippen LogP contribution in [0.2, 0.25) is 0 Å². The lowest BCUT2D eigenvalue weighted by molar-refractivity contribution is 0.0716. The van der Waals surface area contributed by atoms with Gasteiger partial charge in [-0.05, 0) is 37.5 Å². The first kappa shape index (κ1) is 14.0. The first-order valence-corrected chi connectivity index (χ1v) is 6.15. The molecule has 0 aliphatic heterocycles. The van der Waals surface area contributed by atoms with Crippen LogP contribution in [0.1, 0.15) is 25.8 Å². The standard InChI is InChI=1S/C14H23NO2/c1-4-13(15)8-12-6-5-7-14(9-12)17-10-11(2)16-3/h5-7,9,11,13H,4,8,10,15H2,1-3H3. The summed E-state index contributed by atoms with van der Waals surface area (Å²) in [5.74, 6) is 0.884. The van der Waals surface area contributed by atoms with Crippen LogP contribution in [0.15, 0.2) is 24.3 Å². The van der Waals surface area contributed by atoms with Gasteiger partial charge in [0.05, 0.1) is 6.10 Å². The van der Waals surface area contributed by atoms with E-state index >= 15 is 0 Å². The SMILES string of the molecule is CCC(N)Cc1cccc(OCC(C)OC)c1. The maximum Gasteiger partial charge on any atom is 0.119 e. The highest BCUT2D eigenvalue weighted by atomic mass is 16.5. The molecule has 0 amide bonds. The second-order valence-electron chi connectivity index (χ2n) is 4.38. The molecule has 3 nitrogen and oxygen atoms in total. The lowest BCUT2D eigenvalue weighted by atomic mass is 10.0. The fraction of sp³-hybridized carbons (Fsp3) is 0.571. The second kappa shape index (κ2) is 7.30. The molecule has 3 heteroatoms. The minimum Gasteiger partial charge on any atom is -0.491 e. The topological polar surface area (TPSA) is 44.5 Å². The fourth-order valence-corrected chi connectivity index (χ4v) is 1.49. The first-order chi connectivity index (χ1) is 8.15. The van der Waals surface area contributed by atoms with E-state index in [0.29, 0.717) is 6.61 Å². The van der Waals surface area contributed by atoms with E-state index in [4.69, 9.17) is 15.2 Å². The Labute approximate surface area is 104 Å². The van der Waals surface area contributed by atoms with E-state index in [1.165, 1.54) is 5.56 Å². The van der Waals surface area contributed by atoms with Gasteiger partial charge in [0.2, 0.25) is 0 Å². The van der Waals surface area contributed by atoms with Crippen LogP contribution >= 0.6 is 0 Å². The molecule has 0 saturated heterocycles. The molecule has 0 saturated carbocycles. The summed E-state index contributed by atoms with van der Waals surface area (Å²) in [5, 5.41) is 0. The summed E-state index contributed by atoms with van der Waals surface area (Å²) in [6, 6.07) is 8.33. The Morgan fingerprint density at radius 1 is 1.35 bits per heavy atom. The molecule has 1 aromatic carbocycles. The number of ether oxygens (including phenoxy) is 2. The molecular formula is C14H23NO2. The summed E-state index contributed by atoms with van der Waals surface area (Å²) in [5.41, 5.74) is 7.16.